The zero-order valence-corrected chi connectivity index (χ0v) is 16.2. The van der Waals surface area contributed by atoms with E-state index in [1.807, 2.05) is 12.1 Å². The van der Waals surface area contributed by atoms with E-state index >= 15 is 0 Å². The highest BCUT2D eigenvalue weighted by Gasteiger charge is 2.29. The van der Waals surface area contributed by atoms with Crippen LogP contribution in [0.5, 0.6) is 0 Å². The first-order chi connectivity index (χ1) is 15.0. The quantitative estimate of drug-likeness (QED) is 0.445. The molecule has 0 unspecified atom stereocenters. The molecule has 0 spiro atoms. The van der Waals surface area contributed by atoms with Gasteiger partial charge in [-0.2, -0.15) is 0 Å². The van der Waals surface area contributed by atoms with E-state index in [1.54, 1.807) is 24.3 Å². The molecule has 8 heteroatoms. The number of aromatic nitrogens is 3. The molecule has 1 aliphatic carbocycles. The van der Waals surface area contributed by atoms with E-state index in [1.165, 1.54) is 18.3 Å². The monoisotopic (exact) mass is 416 g/mol. The van der Waals surface area contributed by atoms with E-state index in [0.717, 1.165) is 18.4 Å². The number of rotatable bonds is 5. The minimum absolute atomic E-state index is 0.00501. The molecule has 0 bridgehead atoms. The summed E-state index contributed by atoms with van der Waals surface area (Å²) in [4.78, 5) is 34.6. The molecule has 7 nitrogen and oxygen atoms in total. The lowest BCUT2D eigenvalue weighted by Gasteiger charge is -2.08. The van der Waals surface area contributed by atoms with E-state index < -0.39 is 11.8 Å². The topological polar surface area (TPSA) is 108 Å². The van der Waals surface area contributed by atoms with Crippen LogP contribution in [0, 0.1) is 11.7 Å². The number of H-pyrrole nitrogens is 1. The van der Waals surface area contributed by atoms with Gasteiger partial charge in [0.1, 0.15) is 17.2 Å². The second-order valence-corrected chi connectivity index (χ2v) is 7.49. The van der Waals surface area contributed by atoms with Crippen LogP contribution in [-0.4, -0.2) is 31.9 Å². The summed E-state index contributed by atoms with van der Waals surface area (Å²) in [6.45, 7) is 0. The molecule has 4 aromatic rings. The number of nitrogens with one attached hydrogen (secondary N) is 2. The van der Waals surface area contributed by atoms with Crippen molar-refractivity contribution in [2.45, 2.75) is 12.8 Å². The lowest BCUT2D eigenvalue weighted by atomic mass is 10.0. The maximum atomic E-state index is 15.0. The number of carbonyl (C=O) groups excluding carboxylic acids is 1. The van der Waals surface area contributed by atoms with Gasteiger partial charge in [0, 0.05) is 17.8 Å². The molecule has 2 aromatic carbocycles. The van der Waals surface area contributed by atoms with E-state index in [9.17, 15) is 19.1 Å². The number of aromatic carboxylic acids is 1. The third kappa shape index (κ3) is 3.63. The molecule has 0 radical (unpaired) electrons. The molecule has 1 saturated carbocycles. The molecule has 1 amide bonds. The first-order valence-electron chi connectivity index (χ1n) is 9.79. The van der Waals surface area contributed by atoms with Crippen molar-refractivity contribution in [3.63, 3.8) is 0 Å². The highest BCUT2D eigenvalue weighted by atomic mass is 19.1. The summed E-state index contributed by atoms with van der Waals surface area (Å²) in [6.07, 6.45) is 3.20. The van der Waals surface area contributed by atoms with Gasteiger partial charge in [0.2, 0.25) is 5.91 Å². The van der Waals surface area contributed by atoms with Crippen LogP contribution in [0.15, 0.2) is 54.7 Å². The van der Waals surface area contributed by atoms with Crippen LogP contribution >= 0.6 is 0 Å². The van der Waals surface area contributed by atoms with Gasteiger partial charge in [0.05, 0.1) is 11.1 Å². The molecule has 5 rings (SSSR count). The number of hydrogen-bond acceptors (Lipinski definition) is 4. The summed E-state index contributed by atoms with van der Waals surface area (Å²) in [5, 5.41) is 12.2. The zero-order valence-electron chi connectivity index (χ0n) is 16.2. The van der Waals surface area contributed by atoms with E-state index in [0.29, 0.717) is 11.3 Å². The van der Waals surface area contributed by atoms with E-state index in [-0.39, 0.29) is 39.9 Å². The maximum Gasteiger partial charge on any atom is 0.338 e. The summed E-state index contributed by atoms with van der Waals surface area (Å²) in [7, 11) is 0. The summed E-state index contributed by atoms with van der Waals surface area (Å²) in [5.41, 5.74) is 2.72. The Morgan fingerprint density at radius 1 is 1.10 bits per heavy atom. The number of hydrogen-bond donors (Lipinski definition) is 3. The molecule has 0 saturated heterocycles. The minimum Gasteiger partial charge on any atom is -0.478 e. The first-order valence-corrected chi connectivity index (χ1v) is 9.79. The molecule has 31 heavy (non-hydrogen) atoms. The van der Waals surface area contributed by atoms with Crippen LogP contribution in [0.25, 0.3) is 33.7 Å². The minimum atomic E-state index is -1.13. The van der Waals surface area contributed by atoms with Gasteiger partial charge < -0.3 is 15.4 Å². The fourth-order valence-electron chi connectivity index (χ4n) is 3.46. The molecule has 1 fully saturated rings. The lowest BCUT2D eigenvalue weighted by molar-refractivity contribution is -0.117. The number of fused-ring (bicyclic) bond motifs is 1. The number of pyridine rings is 1. The number of imidazole rings is 1. The normalized spacial score (nSPS) is 13.3. The van der Waals surface area contributed by atoms with Gasteiger partial charge in [0.25, 0.3) is 0 Å². The van der Waals surface area contributed by atoms with Gasteiger partial charge in [0.15, 0.2) is 5.65 Å². The molecule has 3 N–H and O–H groups in total. The molecule has 0 aliphatic heterocycles. The van der Waals surface area contributed by atoms with Crippen molar-refractivity contribution in [2.24, 2.45) is 5.92 Å². The molecule has 0 atom stereocenters. The van der Waals surface area contributed by atoms with Crippen molar-refractivity contribution in [3.05, 3.63) is 66.1 Å². The smallest absolute Gasteiger partial charge is 0.338 e. The number of aromatic amines is 1. The van der Waals surface area contributed by atoms with Crippen molar-refractivity contribution >= 4 is 28.7 Å². The van der Waals surface area contributed by atoms with E-state index in [4.69, 9.17) is 0 Å². The Balaban J connectivity index is 1.47. The largest absolute Gasteiger partial charge is 0.478 e. The third-order valence-electron chi connectivity index (χ3n) is 5.25. The number of carbonyl (C=O) groups is 2. The molecule has 154 valence electrons. The SMILES string of the molecule is O=C(O)c1ccnc2[nH]c(-c3ccc(-c4cccc(NC(=O)C5CC5)c4)cc3F)nc12. The van der Waals surface area contributed by atoms with Crippen molar-refractivity contribution in [1.29, 1.82) is 0 Å². The summed E-state index contributed by atoms with van der Waals surface area (Å²) < 4.78 is 15.0. The van der Waals surface area contributed by atoms with Crippen molar-refractivity contribution in [2.75, 3.05) is 5.32 Å². The molecule has 2 aromatic heterocycles. The van der Waals surface area contributed by atoms with Crippen LogP contribution in [0.3, 0.4) is 0 Å². The summed E-state index contributed by atoms with van der Waals surface area (Å²) in [5.74, 6) is -1.33. The van der Waals surface area contributed by atoms with Crippen LogP contribution < -0.4 is 5.32 Å². The number of carboxylic acid groups (broad SMARTS) is 1. The average molecular weight is 416 g/mol. The maximum absolute atomic E-state index is 15.0. The Labute approximate surface area is 176 Å². The van der Waals surface area contributed by atoms with Crippen LogP contribution in [0.2, 0.25) is 0 Å². The average Bonchev–Trinajstić information content (AvgIpc) is 3.52. The Bertz CT molecular complexity index is 1340. The van der Waals surface area contributed by atoms with E-state index in [2.05, 4.69) is 20.3 Å². The number of halogens is 1. The highest BCUT2D eigenvalue weighted by Crippen LogP contribution is 2.32. The van der Waals surface area contributed by atoms with Crippen LogP contribution in [-0.2, 0) is 4.79 Å². The number of nitrogens with zero attached hydrogens (tertiary/aromatic N) is 2. The Morgan fingerprint density at radius 3 is 2.65 bits per heavy atom. The van der Waals surface area contributed by atoms with Crippen LogP contribution in [0.1, 0.15) is 23.2 Å². The zero-order chi connectivity index (χ0) is 21.5. The van der Waals surface area contributed by atoms with Crippen molar-refractivity contribution in [1.82, 2.24) is 15.0 Å². The van der Waals surface area contributed by atoms with Gasteiger partial charge in [-0.1, -0.05) is 18.2 Å². The van der Waals surface area contributed by atoms with Gasteiger partial charge in [-0.05, 0) is 54.3 Å². The fraction of sp³-hybridized carbons (Fsp3) is 0.130. The number of amides is 1. The Morgan fingerprint density at radius 2 is 1.90 bits per heavy atom. The second kappa shape index (κ2) is 7.32. The van der Waals surface area contributed by atoms with Gasteiger partial charge >= 0.3 is 5.97 Å². The second-order valence-electron chi connectivity index (χ2n) is 7.49. The number of carboxylic acids is 1. The predicted octanol–water partition coefficient (Wildman–Crippen LogP) is 4.48. The van der Waals surface area contributed by atoms with Gasteiger partial charge in [-0.25, -0.2) is 19.2 Å². The summed E-state index contributed by atoms with van der Waals surface area (Å²) in [6, 6.07) is 13.3. The third-order valence-corrected chi connectivity index (χ3v) is 5.25. The lowest BCUT2D eigenvalue weighted by Crippen LogP contribution is -2.13. The number of benzene rings is 2. The van der Waals surface area contributed by atoms with Gasteiger partial charge in [-0.15, -0.1) is 0 Å². The highest BCUT2D eigenvalue weighted by molar-refractivity contribution is 6.00. The summed E-state index contributed by atoms with van der Waals surface area (Å²) >= 11 is 0. The Hall–Kier alpha value is -4.07. The standard InChI is InChI=1S/C23H17FN4O3/c24-18-11-14(13-2-1-3-15(10-13)26-22(29)12-4-5-12)6-7-16(18)20-27-19-17(23(30)31)8-9-25-21(19)28-20/h1-3,6-12H,4-5H2,(H,26,29)(H,30,31)(H,25,27,28). The number of anilines is 1. The van der Waals surface area contributed by atoms with Gasteiger partial charge in [-0.3, -0.25) is 4.79 Å². The molecular weight excluding hydrogens is 399 g/mol. The predicted molar refractivity (Wildman–Crippen MR) is 113 cm³/mol. The molecule has 1 aliphatic rings. The van der Waals surface area contributed by atoms with Crippen molar-refractivity contribution in [3.8, 4) is 22.5 Å². The van der Waals surface area contributed by atoms with Crippen LogP contribution in [0.4, 0.5) is 10.1 Å². The fourth-order valence-corrected chi connectivity index (χ4v) is 3.46. The molecular formula is C23H17FN4O3. The van der Waals surface area contributed by atoms with Crippen molar-refractivity contribution < 1.29 is 19.1 Å². The Kier molecular flexibility index (Phi) is 4.47. The molecule has 2 heterocycles. The first kappa shape index (κ1) is 18.9.